The van der Waals surface area contributed by atoms with E-state index in [1.807, 2.05) is 21.6 Å². The van der Waals surface area contributed by atoms with Crippen molar-refractivity contribution >= 4 is 56.8 Å². The van der Waals surface area contributed by atoms with Gasteiger partial charge in [0.1, 0.15) is 0 Å². The van der Waals surface area contributed by atoms with Crippen LogP contribution in [0.5, 0.6) is 11.5 Å². The van der Waals surface area contributed by atoms with Gasteiger partial charge < -0.3 is 0 Å². The van der Waals surface area contributed by atoms with E-state index in [4.69, 9.17) is 9.47 Å². The minimum atomic E-state index is 0.365. The van der Waals surface area contributed by atoms with Crippen LogP contribution in [0.2, 0.25) is 0 Å². The molecule has 140 valence electrons. The van der Waals surface area contributed by atoms with Crippen LogP contribution in [0, 0.1) is 0 Å². The van der Waals surface area contributed by atoms with Gasteiger partial charge in [0.2, 0.25) is 0 Å². The first-order valence-corrected chi connectivity index (χ1v) is 16.8. The molecule has 2 nitrogen and oxygen atoms in total. The molecule has 0 unspecified atom stereocenters. The van der Waals surface area contributed by atoms with Crippen LogP contribution < -0.4 is 18.4 Å². The molecule has 1 aliphatic rings. The maximum absolute atomic E-state index is 5.72. The molecule has 6 heteroatoms. The summed E-state index contributed by atoms with van der Waals surface area (Å²) in [5.74, 6) is 3.11. The Kier molecular flexibility index (Phi) is 6.99. The fourth-order valence-electron chi connectivity index (χ4n) is 2.85. The van der Waals surface area contributed by atoms with E-state index in [2.05, 4.69) is 52.0 Å². The summed E-state index contributed by atoms with van der Waals surface area (Å²) in [5, 5.41) is 0. The Morgan fingerprint density at radius 3 is 1.38 bits per heavy atom. The van der Waals surface area contributed by atoms with E-state index < -0.39 is 0 Å². The second-order valence-corrected chi connectivity index (χ2v) is 14.9. The van der Waals surface area contributed by atoms with Crippen molar-refractivity contribution in [3.63, 3.8) is 0 Å². The van der Waals surface area contributed by atoms with Gasteiger partial charge in [-0.05, 0) is 0 Å². The van der Waals surface area contributed by atoms with E-state index in [0.717, 1.165) is 11.5 Å². The predicted octanol–water partition coefficient (Wildman–Crippen LogP) is 4.34. The average Bonchev–Trinajstić information content (AvgIpc) is 2.61. The van der Waals surface area contributed by atoms with Crippen molar-refractivity contribution in [2.75, 3.05) is 14.2 Å². The molecule has 0 atom stereocenters. The Morgan fingerprint density at radius 2 is 1.08 bits per heavy atom. The molecule has 0 aromatic heterocycles. The molecule has 0 bridgehead atoms. The van der Waals surface area contributed by atoms with Gasteiger partial charge in [0.25, 0.3) is 0 Å². The van der Waals surface area contributed by atoms with Crippen LogP contribution in [0.3, 0.4) is 0 Å². The van der Waals surface area contributed by atoms with E-state index >= 15 is 0 Å². The first-order chi connectivity index (χ1) is 12.5. The average molecular weight is 518 g/mol. The molecule has 0 fully saturated rings. The third-order valence-corrected chi connectivity index (χ3v) is 14.6. The zero-order valence-corrected chi connectivity index (χ0v) is 21.0. The zero-order valence-electron chi connectivity index (χ0n) is 15.9. The number of methoxy groups -OCH3 is 2. The molecule has 0 N–H and O–H groups in total. The zero-order chi connectivity index (χ0) is 18.8. The van der Waals surface area contributed by atoms with E-state index in [1.54, 1.807) is 14.2 Å². The summed E-state index contributed by atoms with van der Waals surface area (Å²) in [7, 11) is 7.39. The first kappa shape index (κ1) is 20.5. The fraction of sp³-hybridized carbons (Fsp3) is 0.400. The van der Waals surface area contributed by atoms with Crippen molar-refractivity contribution in [3.05, 3.63) is 35.4 Å². The molecule has 0 aliphatic carbocycles. The van der Waals surface area contributed by atoms with E-state index in [0.29, 0.717) is 38.1 Å². The molecule has 1 aliphatic heterocycles. The molecule has 3 rings (SSSR count). The Balaban J connectivity index is 2.13. The number of ether oxygens (including phenoxy) is 2. The Morgan fingerprint density at radius 1 is 0.692 bits per heavy atom. The van der Waals surface area contributed by atoms with Gasteiger partial charge in [0.05, 0.1) is 0 Å². The van der Waals surface area contributed by atoms with Gasteiger partial charge in [-0.15, -0.1) is 0 Å². The molecule has 1 heterocycles. The van der Waals surface area contributed by atoms with Gasteiger partial charge in [-0.1, -0.05) is 0 Å². The van der Waals surface area contributed by atoms with E-state index in [1.165, 1.54) is 29.8 Å². The maximum atomic E-state index is 5.72. The van der Waals surface area contributed by atoms with Crippen molar-refractivity contribution in [1.29, 1.82) is 0 Å². The van der Waals surface area contributed by atoms with Crippen molar-refractivity contribution in [1.82, 2.24) is 0 Å². The number of hydrogen-bond donors (Lipinski definition) is 0. The van der Waals surface area contributed by atoms with Crippen LogP contribution in [-0.2, 0) is 0 Å². The Bertz CT molecular complexity index is 739. The van der Waals surface area contributed by atoms with E-state index in [9.17, 15) is 0 Å². The van der Waals surface area contributed by atoms with E-state index in [-0.39, 0.29) is 0 Å². The molecule has 0 amide bonds. The summed E-state index contributed by atoms with van der Waals surface area (Å²) in [5.41, 5.74) is 2.88. The van der Waals surface area contributed by atoms with Crippen LogP contribution in [0.4, 0.5) is 0 Å². The third kappa shape index (κ3) is 3.97. The summed E-state index contributed by atoms with van der Waals surface area (Å²) in [4.78, 5) is 2.85. The van der Waals surface area contributed by atoms with Crippen LogP contribution in [0.1, 0.15) is 50.7 Å². The normalized spacial score (nSPS) is 13.8. The van der Waals surface area contributed by atoms with Crippen molar-refractivity contribution in [3.8, 4) is 11.5 Å². The number of rotatable bonds is 4. The first-order valence-electron chi connectivity index (χ1n) is 8.58. The van der Waals surface area contributed by atoms with Gasteiger partial charge in [-0.2, -0.15) is 0 Å². The van der Waals surface area contributed by atoms with Crippen molar-refractivity contribution < 1.29 is 9.47 Å². The summed E-state index contributed by atoms with van der Waals surface area (Å²) < 4.78 is 14.3. The van der Waals surface area contributed by atoms with Crippen LogP contribution >= 0.6 is 21.6 Å². The molecular formula is C20H24O2S2Se2. The Labute approximate surface area is 175 Å². The minimum absolute atomic E-state index is 0.365. The molecule has 0 radical (unpaired) electrons. The van der Waals surface area contributed by atoms with Gasteiger partial charge in [0, 0.05) is 0 Å². The van der Waals surface area contributed by atoms with Crippen LogP contribution in [-0.4, -0.2) is 40.5 Å². The molecule has 0 spiro atoms. The summed E-state index contributed by atoms with van der Waals surface area (Å²) >= 11 is 0.731. The summed E-state index contributed by atoms with van der Waals surface area (Å²) in [6, 6.07) is 8.80. The fourth-order valence-corrected chi connectivity index (χ4v) is 16.2. The molecule has 2 aromatic carbocycles. The molecule has 26 heavy (non-hydrogen) atoms. The van der Waals surface area contributed by atoms with Gasteiger partial charge in [-0.3, -0.25) is 0 Å². The summed E-state index contributed by atoms with van der Waals surface area (Å²) in [6.45, 7) is 9.11. The topological polar surface area (TPSA) is 18.5 Å². The molecule has 0 saturated carbocycles. The number of hydrogen-bond acceptors (Lipinski definition) is 4. The third-order valence-electron chi connectivity index (χ3n) is 4.31. The van der Waals surface area contributed by atoms with Crippen LogP contribution in [0.25, 0.3) is 0 Å². The van der Waals surface area contributed by atoms with Crippen molar-refractivity contribution in [2.45, 2.75) is 49.3 Å². The molecule has 0 saturated heterocycles. The summed E-state index contributed by atoms with van der Waals surface area (Å²) in [6.07, 6.45) is 0. The quantitative estimate of drug-likeness (QED) is 0.443. The second kappa shape index (κ2) is 8.85. The monoisotopic (exact) mass is 520 g/mol. The number of fused-ring (bicyclic) bond motifs is 2. The second-order valence-electron chi connectivity index (χ2n) is 6.67. The van der Waals surface area contributed by atoms with Gasteiger partial charge in [0.15, 0.2) is 0 Å². The Hall–Kier alpha value is -0.221. The molecular weight excluding hydrogens is 494 g/mol. The standard InChI is InChI=1S/C20H24O2S2Se2/c1-11(2)13-7-9-15(21-5)19-17(13)23-24-18-14(12(3)4)8-10-16(22-6)20(18)26-25-19/h7-12H,1-6H3. The van der Waals surface area contributed by atoms with Gasteiger partial charge in [-0.25, -0.2) is 0 Å². The number of benzene rings is 2. The molecule has 2 aromatic rings. The van der Waals surface area contributed by atoms with Crippen molar-refractivity contribution in [2.24, 2.45) is 0 Å². The van der Waals surface area contributed by atoms with Crippen LogP contribution in [0.15, 0.2) is 34.1 Å². The SMILES string of the molecule is COc1ccc(C(C)C)c2c1[Se][Se]c1c(OC)ccc(C(C)C)c1SS2. The van der Waals surface area contributed by atoms with Gasteiger partial charge >= 0.3 is 177 Å². The predicted molar refractivity (Wildman–Crippen MR) is 117 cm³/mol.